The first-order chi connectivity index (χ1) is 25.6. The van der Waals surface area contributed by atoms with Crippen LogP contribution in [0.5, 0.6) is 0 Å². The van der Waals surface area contributed by atoms with E-state index in [0.717, 1.165) is 26.2 Å². The molecule has 0 aromatic carbocycles. The summed E-state index contributed by atoms with van der Waals surface area (Å²) in [6.45, 7) is 1.72. The van der Waals surface area contributed by atoms with Gasteiger partial charge in [-0.3, -0.25) is 23.4 Å². The molecule has 0 amide bonds. The van der Waals surface area contributed by atoms with Crippen LogP contribution in [0.4, 0.5) is 0 Å². The summed E-state index contributed by atoms with van der Waals surface area (Å²) in [7, 11) is -4.66. The Balaban J connectivity index is 3.52. The van der Waals surface area contributed by atoms with E-state index in [1.807, 2.05) is 0 Å². The summed E-state index contributed by atoms with van der Waals surface area (Å²) < 4.78 is 31.4. The molecule has 0 bridgehead atoms. The number of unbranched alkanes of at least 4 members (excludes halogenated alkanes) is 29. The maximum absolute atomic E-state index is 12.1. The van der Waals surface area contributed by atoms with E-state index in [1.54, 1.807) is 0 Å². The van der Waals surface area contributed by atoms with E-state index >= 15 is 0 Å². The molecular weight excluding hydrogens is 697 g/mol. The van der Waals surface area contributed by atoms with Crippen LogP contribution in [0, 0.1) is 0 Å². The van der Waals surface area contributed by atoms with Crippen molar-refractivity contribution in [3.05, 3.63) is 0 Å². The van der Waals surface area contributed by atoms with Crippen molar-refractivity contribution in [2.24, 2.45) is 5.73 Å². The van der Waals surface area contributed by atoms with Crippen molar-refractivity contribution in [3.8, 4) is 0 Å². The molecule has 0 saturated heterocycles. The van der Waals surface area contributed by atoms with Crippen LogP contribution in [0.1, 0.15) is 213 Å². The molecule has 0 aliphatic rings. The Morgan fingerprint density at radius 2 is 0.868 bits per heavy atom. The predicted molar refractivity (Wildman–Crippen MR) is 213 cm³/mol. The largest absolute Gasteiger partial charge is 0.480 e. The second-order valence-corrected chi connectivity index (χ2v) is 16.4. The Kier molecular flexibility index (Phi) is 36.3. The number of ether oxygens (including phenoxy) is 2. The van der Waals surface area contributed by atoms with Gasteiger partial charge in [-0.15, -0.1) is 0 Å². The molecule has 0 aliphatic heterocycles. The Bertz CT molecular complexity index is 921. The number of hydrogen-bond donors (Lipinski definition) is 3. The minimum absolute atomic E-state index is 0.224. The van der Waals surface area contributed by atoms with E-state index in [-0.39, 0.29) is 13.0 Å². The predicted octanol–water partition coefficient (Wildman–Crippen LogP) is 11.1. The lowest BCUT2D eigenvalue weighted by Crippen LogP contribution is -2.34. The third-order valence-electron chi connectivity index (χ3n) is 9.66. The average molecular weight is 778 g/mol. The zero-order chi connectivity index (χ0) is 39.3. The molecule has 0 heterocycles. The fourth-order valence-corrected chi connectivity index (χ4v) is 7.14. The second kappa shape index (κ2) is 37.4. The van der Waals surface area contributed by atoms with Crippen molar-refractivity contribution in [1.29, 1.82) is 0 Å². The number of esters is 2. The molecule has 0 spiro atoms. The first-order valence-electron chi connectivity index (χ1n) is 21.5. The first kappa shape index (κ1) is 51.5. The van der Waals surface area contributed by atoms with E-state index in [9.17, 15) is 23.8 Å². The summed E-state index contributed by atoms with van der Waals surface area (Å²) in [5.41, 5.74) is 5.23. The molecule has 0 saturated carbocycles. The van der Waals surface area contributed by atoms with Gasteiger partial charge in [-0.2, -0.15) is 0 Å². The van der Waals surface area contributed by atoms with Crippen molar-refractivity contribution in [3.63, 3.8) is 0 Å². The molecule has 0 aromatic rings. The number of carboxylic acids is 1. The summed E-state index contributed by atoms with van der Waals surface area (Å²) in [5.74, 6) is -2.56. The van der Waals surface area contributed by atoms with Crippen LogP contribution >= 0.6 is 7.82 Å². The summed E-state index contributed by atoms with van der Waals surface area (Å²) in [4.78, 5) is 43.9. The van der Waals surface area contributed by atoms with E-state index in [4.69, 9.17) is 24.8 Å². The van der Waals surface area contributed by atoms with Gasteiger partial charge in [-0.1, -0.05) is 193 Å². The van der Waals surface area contributed by atoms with Crippen molar-refractivity contribution in [1.82, 2.24) is 0 Å². The van der Waals surface area contributed by atoms with Crippen LogP contribution in [0.15, 0.2) is 0 Å². The number of carbonyl (C=O) groups excluding carboxylic acids is 2. The number of carbonyl (C=O) groups is 3. The smallest absolute Gasteiger partial charge is 0.472 e. The minimum atomic E-state index is -4.66. The maximum Gasteiger partial charge on any atom is 0.472 e. The van der Waals surface area contributed by atoms with Gasteiger partial charge < -0.3 is 25.2 Å². The summed E-state index contributed by atoms with van der Waals surface area (Å²) in [5, 5.41) is 8.73. The number of phosphoric acid groups is 1. The third-order valence-corrected chi connectivity index (χ3v) is 10.6. The lowest BCUT2D eigenvalue weighted by atomic mass is 10.0. The normalized spacial score (nSPS) is 13.7. The zero-order valence-corrected chi connectivity index (χ0v) is 34.8. The number of rotatable bonds is 41. The minimum Gasteiger partial charge on any atom is -0.480 e. The van der Waals surface area contributed by atoms with Gasteiger partial charge in [0.15, 0.2) is 6.10 Å². The lowest BCUT2D eigenvalue weighted by molar-refractivity contribution is -0.159. The first-order valence-corrected chi connectivity index (χ1v) is 23.0. The molecule has 0 aliphatic carbocycles. The Morgan fingerprint density at radius 3 is 1.19 bits per heavy atom. The number of aliphatic carboxylic acids is 1. The van der Waals surface area contributed by atoms with Gasteiger partial charge in [0, 0.05) is 13.3 Å². The SMILES string of the molecule is CCCCCCCCCCCCCCCCCCCCCCCCCCCCCCCCC(=O)OC[C@H](COP(=O)(O)OC[C@H](N)C(=O)O)OC(C)=O. The highest BCUT2D eigenvalue weighted by Crippen LogP contribution is 2.43. The lowest BCUT2D eigenvalue weighted by Gasteiger charge is -2.19. The Hall–Kier alpha value is -1.52. The zero-order valence-electron chi connectivity index (χ0n) is 33.9. The monoisotopic (exact) mass is 778 g/mol. The summed E-state index contributed by atoms with van der Waals surface area (Å²) in [6, 6.07) is -1.51. The molecule has 0 rings (SSSR count). The third kappa shape index (κ3) is 38.5. The molecule has 53 heavy (non-hydrogen) atoms. The van der Waals surface area contributed by atoms with E-state index in [1.165, 1.54) is 167 Å². The fourth-order valence-electron chi connectivity index (χ4n) is 6.36. The van der Waals surface area contributed by atoms with Gasteiger partial charge in [0.1, 0.15) is 12.6 Å². The molecule has 12 heteroatoms. The molecule has 4 N–H and O–H groups in total. The van der Waals surface area contributed by atoms with Crippen molar-refractivity contribution in [2.45, 2.75) is 225 Å². The molecule has 0 aromatic heterocycles. The van der Waals surface area contributed by atoms with Crippen LogP contribution < -0.4 is 5.73 Å². The van der Waals surface area contributed by atoms with Gasteiger partial charge in [-0.25, -0.2) is 4.57 Å². The van der Waals surface area contributed by atoms with E-state index in [2.05, 4.69) is 11.4 Å². The van der Waals surface area contributed by atoms with E-state index < -0.39 is 51.1 Å². The molecule has 0 fully saturated rings. The van der Waals surface area contributed by atoms with Gasteiger partial charge in [-0.05, 0) is 6.42 Å². The Morgan fingerprint density at radius 1 is 0.547 bits per heavy atom. The average Bonchev–Trinajstić information content (AvgIpc) is 3.12. The number of carboxylic acid groups (broad SMARTS) is 1. The number of phosphoric ester groups is 1. The molecule has 0 radical (unpaired) electrons. The molecule has 314 valence electrons. The molecule has 1 unspecified atom stereocenters. The van der Waals surface area contributed by atoms with Gasteiger partial charge >= 0.3 is 25.7 Å². The maximum atomic E-state index is 12.1. The van der Waals surface area contributed by atoms with Crippen LogP contribution in [-0.4, -0.2) is 59.9 Å². The fraction of sp³-hybridized carbons (Fsp3) is 0.927. The van der Waals surface area contributed by atoms with E-state index in [0.29, 0.717) is 6.42 Å². The highest BCUT2D eigenvalue weighted by Gasteiger charge is 2.27. The summed E-state index contributed by atoms with van der Waals surface area (Å²) >= 11 is 0. The molecule has 11 nitrogen and oxygen atoms in total. The highest BCUT2D eigenvalue weighted by atomic mass is 31.2. The van der Waals surface area contributed by atoms with Gasteiger partial charge in [0.25, 0.3) is 0 Å². The van der Waals surface area contributed by atoms with Crippen LogP contribution in [0.25, 0.3) is 0 Å². The van der Waals surface area contributed by atoms with Crippen LogP contribution in [-0.2, 0) is 37.5 Å². The topological polar surface area (TPSA) is 172 Å². The van der Waals surface area contributed by atoms with Gasteiger partial charge in [0.05, 0.1) is 13.2 Å². The van der Waals surface area contributed by atoms with Crippen molar-refractivity contribution >= 4 is 25.7 Å². The second-order valence-electron chi connectivity index (χ2n) is 14.9. The van der Waals surface area contributed by atoms with Gasteiger partial charge in [0.2, 0.25) is 0 Å². The van der Waals surface area contributed by atoms with Crippen LogP contribution in [0.3, 0.4) is 0 Å². The molecular formula is C41H80NO10P. The van der Waals surface area contributed by atoms with Crippen LogP contribution in [0.2, 0.25) is 0 Å². The molecule has 3 atom stereocenters. The number of hydrogen-bond acceptors (Lipinski definition) is 9. The number of nitrogens with two attached hydrogens (primary N) is 1. The highest BCUT2D eigenvalue weighted by molar-refractivity contribution is 7.47. The Labute approximate surface area is 323 Å². The summed E-state index contributed by atoms with van der Waals surface area (Å²) in [6.07, 6.45) is 39.3. The van der Waals surface area contributed by atoms with Crippen molar-refractivity contribution < 1.29 is 47.5 Å². The standard InChI is InChI=1S/C41H80NO10P/c1-3-4-5-6-7-8-9-10-11-12-13-14-15-16-17-18-19-20-21-22-23-24-25-26-27-28-29-30-31-32-33-40(44)49-34-38(52-37(2)43)35-50-53(47,48)51-36-39(42)41(45)46/h38-39H,3-36,42H2,1-2H3,(H,45,46)(H,47,48)/t38-,39+/m1/s1. The quantitative estimate of drug-likeness (QED) is 0.0306. The van der Waals surface area contributed by atoms with Crippen molar-refractivity contribution in [2.75, 3.05) is 19.8 Å².